The van der Waals surface area contributed by atoms with E-state index in [-0.39, 0.29) is 0 Å². The van der Waals surface area contributed by atoms with Crippen molar-refractivity contribution in [3.8, 4) is 0 Å². The highest BCUT2D eigenvalue weighted by Gasteiger charge is 2.39. The molecule has 2 fully saturated rings. The Balaban J connectivity index is 1.36. The number of halogens is 1. The van der Waals surface area contributed by atoms with E-state index in [1.807, 2.05) is 0 Å². The number of nitrogens with zero attached hydrogens (tertiary/aromatic N) is 1. The summed E-state index contributed by atoms with van der Waals surface area (Å²) in [4.78, 5) is 2.52. The molecule has 0 bridgehead atoms. The van der Waals surface area contributed by atoms with Gasteiger partial charge in [0.1, 0.15) is 0 Å². The second kappa shape index (κ2) is 8.05. The molecule has 2 aliphatic carbocycles. The van der Waals surface area contributed by atoms with Crippen LogP contribution >= 0.6 is 11.6 Å². The molecule has 0 spiro atoms. The highest BCUT2D eigenvalue weighted by molar-refractivity contribution is 6.20. The zero-order valence-corrected chi connectivity index (χ0v) is 16.5. The van der Waals surface area contributed by atoms with Gasteiger partial charge in [-0.1, -0.05) is 48.9 Å². The highest BCUT2D eigenvalue weighted by Crippen LogP contribution is 2.48. The lowest BCUT2D eigenvalue weighted by molar-refractivity contribution is 0.449. The molecular weight excluding hydrogens is 338 g/mol. The lowest BCUT2D eigenvalue weighted by Crippen LogP contribution is -2.25. The maximum atomic E-state index is 6.38. The van der Waals surface area contributed by atoms with Crippen molar-refractivity contribution < 1.29 is 0 Å². The molecule has 2 aromatic carbocycles. The summed E-state index contributed by atoms with van der Waals surface area (Å²) in [5.74, 6) is 2.21. The minimum atomic E-state index is 0.374. The van der Waals surface area contributed by atoms with Crippen molar-refractivity contribution in [3.63, 3.8) is 0 Å². The quantitative estimate of drug-likeness (QED) is 0.521. The first-order chi connectivity index (χ1) is 12.7. The monoisotopic (exact) mass is 367 g/mol. The van der Waals surface area contributed by atoms with Crippen LogP contribution in [-0.2, 0) is 0 Å². The van der Waals surface area contributed by atoms with Gasteiger partial charge in [-0.3, -0.25) is 0 Å². The molecule has 2 aromatic rings. The van der Waals surface area contributed by atoms with Crippen LogP contribution in [0.5, 0.6) is 0 Å². The van der Waals surface area contributed by atoms with Gasteiger partial charge in [-0.2, -0.15) is 0 Å². The molecule has 26 heavy (non-hydrogen) atoms. The third kappa shape index (κ3) is 4.09. The number of hydrogen-bond acceptors (Lipinski definition) is 1. The first kappa shape index (κ1) is 17.9. The summed E-state index contributed by atoms with van der Waals surface area (Å²) < 4.78 is 0. The van der Waals surface area contributed by atoms with E-state index in [2.05, 4.69) is 66.4 Å². The standard InChI is InChI=1S/C24H30ClN/c1-2-26(23-9-4-3-5-10-23)17-21-16-24(21)19-13-11-18(12-14-19)20-7-6-8-22(25)15-20/h3-5,9-14,20-22,24H,2,6-8,15-17H2,1H3. The Hall–Kier alpha value is -1.47. The van der Waals surface area contributed by atoms with Crippen LogP contribution in [0.2, 0.25) is 0 Å². The van der Waals surface area contributed by atoms with Crippen molar-refractivity contribution in [1.82, 2.24) is 0 Å². The number of benzene rings is 2. The Morgan fingerprint density at radius 1 is 0.923 bits per heavy atom. The number of para-hydroxylation sites is 1. The molecule has 0 heterocycles. The van der Waals surface area contributed by atoms with E-state index in [1.54, 1.807) is 0 Å². The third-order valence-corrected chi connectivity index (χ3v) is 6.72. The van der Waals surface area contributed by atoms with Gasteiger partial charge in [0.25, 0.3) is 0 Å². The number of hydrogen-bond donors (Lipinski definition) is 0. The van der Waals surface area contributed by atoms with Gasteiger partial charge < -0.3 is 4.90 Å². The minimum absolute atomic E-state index is 0.374. The van der Waals surface area contributed by atoms with Gasteiger partial charge in [-0.05, 0) is 73.6 Å². The summed E-state index contributed by atoms with van der Waals surface area (Å²) in [6, 6.07) is 20.3. The zero-order chi connectivity index (χ0) is 17.9. The molecule has 0 radical (unpaired) electrons. The van der Waals surface area contributed by atoms with Gasteiger partial charge in [0.15, 0.2) is 0 Å². The lowest BCUT2D eigenvalue weighted by atomic mass is 9.83. The van der Waals surface area contributed by atoms with Crippen molar-refractivity contribution in [2.24, 2.45) is 5.92 Å². The van der Waals surface area contributed by atoms with Crippen LogP contribution in [0.25, 0.3) is 0 Å². The maximum Gasteiger partial charge on any atom is 0.0366 e. The van der Waals surface area contributed by atoms with Crippen molar-refractivity contribution in [2.45, 2.75) is 56.2 Å². The Kier molecular flexibility index (Phi) is 5.55. The molecule has 4 atom stereocenters. The van der Waals surface area contributed by atoms with Gasteiger partial charge in [0.2, 0.25) is 0 Å². The second-order valence-corrected chi connectivity index (χ2v) is 8.72. The zero-order valence-electron chi connectivity index (χ0n) is 15.8. The van der Waals surface area contributed by atoms with E-state index in [0.717, 1.165) is 24.8 Å². The molecule has 0 N–H and O–H groups in total. The van der Waals surface area contributed by atoms with Crippen LogP contribution in [0.15, 0.2) is 54.6 Å². The molecule has 4 rings (SSSR count). The van der Waals surface area contributed by atoms with Gasteiger partial charge in [0.05, 0.1) is 0 Å². The van der Waals surface area contributed by atoms with Crippen LogP contribution in [0, 0.1) is 5.92 Å². The molecule has 2 heteroatoms. The van der Waals surface area contributed by atoms with Crippen molar-refractivity contribution in [1.29, 1.82) is 0 Å². The summed E-state index contributed by atoms with van der Waals surface area (Å²) >= 11 is 6.38. The van der Waals surface area contributed by atoms with E-state index >= 15 is 0 Å². The van der Waals surface area contributed by atoms with Crippen molar-refractivity contribution in [2.75, 3.05) is 18.0 Å². The predicted octanol–water partition coefficient (Wildman–Crippen LogP) is 6.58. The Morgan fingerprint density at radius 2 is 1.65 bits per heavy atom. The van der Waals surface area contributed by atoms with Crippen LogP contribution in [-0.4, -0.2) is 18.5 Å². The van der Waals surface area contributed by atoms with Crippen LogP contribution in [0.1, 0.15) is 62.0 Å². The van der Waals surface area contributed by atoms with Crippen molar-refractivity contribution >= 4 is 17.3 Å². The fourth-order valence-corrected chi connectivity index (χ4v) is 5.01. The maximum absolute atomic E-state index is 6.38. The summed E-state index contributed by atoms with van der Waals surface area (Å²) in [7, 11) is 0. The van der Waals surface area contributed by atoms with Crippen LogP contribution in [0.3, 0.4) is 0 Å². The van der Waals surface area contributed by atoms with Crippen LogP contribution in [0.4, 0.5) is 5.69 Å². The van der Waals surface area contributed by atoms with Crippen molar-refractivity contribution in [3.05, 3.63) is 65.7 Å². The molecule has 2 aliphatic rings. The number of anilines is 1. The average Bonchev–Trinajstić information content (AvgIpc) is 3.46. The number of rotatable bonds is 6. The second-order valence-electron chi connectivity index (χ2n) is 8.10. The molecule has 1 nitrogen and oxygen atoms in total. The van der Waals surface area contributed by atoms with E-state index in [0.29, 0.717) is 11.3 Å². The van der Waals surface area contributed by atoms with Gasteiger partial charge in [-0.25, -0.2) is 0 Å². The molecule has 4 unspecified atom stereocenters. The van der Waals surface area contributed by atoms with E-state index in [9.17, 15) is 0 Å². The Bertz CT molecular complexity index is 696. The summed E-state index contributed by atoms with van der Waals surface area (Å²) in [5, 5.41) is 0.374. The van der Waals surface area contributed by atoms with E-state index in [1.165, 1.54) is 49.0 Å². The third-order valence-electron chi connectivity index (χ3n) is 6.33. The predicted molar refractivity (Wildman–Crippen MR) is 112 cm³/mol. The Morgan fingerprint density at radius 3 is 2.35 bits per heavy atom. The van der Waals surface area contributed by atoms with Gasteiger partial charge in [-0.15, -0.1) is 11.6 Å². The Labute approximate surface area is 163 Å². The molecule has 0 aromatic heterocycles. The topological polar surface area (TPSA) is 3.24 Å². The summed E-state index contributed by atoms with van der Waals surface area (Å²) in [6.07, 6.45) is 6.25. The number of alkyl halides is 1. The summed E-state index contributed by atoms with van der Waals surface area (Å²) in [5.41, 5.74) is 4.38. The minimum Gasteiger partial charge on any atom is -0.372 e. The van der Waals surface area contributed by atoms with E-state index < -0.39 is 0 Å². The largest absolute Gasteiger partial charge is 0.372 e. The molecule has 0 aliphatic heterocycles. The molecule has 138 valence electrons. The first-order valence-electron chi connectivity index (χ1n) is 10.3. The SMILES string of the molecule is CCN(CC1CC1c1ccc(C2CCCC(Cl)C2)cc1)c1ccccc1. The highest BCUT2D eigenvalue weighted by atomic mass is 35.5. The molecule has 0 amide bonds. The van der Waals surface area contributed by atoms with Gasteiger partial charge in [0, 0.05) is 24.2 Å². The fraction of sp³-hybridized carbons (Fsp3) is 0.500. The van der Waals surface area contributed by atoms with E-state index in [4.69, 9.17) is 11.6 Å². The molecule has 2 saturated carbocycles. The van der Waals surface area contributed by atoms with Gasteiger partial charge >= 0.3 is 0 Å². The average molecular weight is 368 g/mol. The first-order valence-corrected chi connectivity index (χ1v) is 10.7. The lowest BCUT2D eigenvalue weighted by Gasteiger charge is -2.26. The molecular formula is C24H30ClN. The fourth-order valence-electron chi connectivity index (χ4n) is 4.64. The summed E-state index contributed by atoms with van der Waals surface area (Å²) in [6.45, 7) is 4.50. The van der Waals surface area contributed by atoms with Crippen LogP contribution < -0.4 is 4.90 Å². The molecule has 0 saturated heterocycles. The smallest absolute Gasteiger partial charge is 0.0366 e. The normalized spacial score (nSPS) is 27.9.